The minimum absolute atomic E-state index is 0.326. The first-order chi connectivity index (χ1) is 9.27. The van der Waals surface area contributed by atoms with Crippen molar-refractivity contribution >= 4 is 11.7 Å². The van der Waals surface area contributed by atoms with Gasteiger partial charge in [-0.15, -0.1) is 0 Å². The Morgan fingerprint density at radius 1 is 1.16 bits per heavy atom. The summed E-state index contributed by atoms with van der Waals surface area (Å²) in [6, 6.07) is 7.01. The molecule has 0 saturated carbocycles. The van der Waals surface area contributed by atoms with E-state index in [1.807, 2.05) is 6.07 Å². The van der Waals surface area contributed by atoms with Crippen LogP contribution in [0.1, 0.15) is 36.0 Å². The summed E-state index contributed by atoms with van der Waals surface area (Å²) in [5, 5.41) is 0. The Kier molecular flexibility index (Phi) is 5.21. The summed E-state index contributed by atoms with van der Waals surface area (Å²) >= 11 is 0. The topological polar surface area (TPSA) is 55.6 Å². The summed E-state index contributed by atoms with van der Waals surface area (Å²) < 4.78 is 5.29. The second kappa shape index (κ2) is 7.14. The van der Waals surface area contributed by atoms with Gasteiger partial charge in [0.1, 0.15) is 6.61 Å². The van der Waals surface area contributed by atoms with Crippen molar-refractivity contribution in [3.63, 3.8) is 0 Å². The Labute approximate surface area is 114 Å². The number of benzene rings is 1. The molecule has 0 radical (unpaired) electrons. The number of likely N-dealkylation sites (tertiary alicyclic amines) is 1. The molecule has 1 heterocycles. The monoisotopic (exact) mass is 262 g/mol. The second-order valence-corrected chi connectivity index (χ2v) is 4.98. The van der Waals surface area contributed by atoms with Gasteiger partial charge in [0.25, 0.3) is 0 Å². The number of nitrogen functional groups attached to an aromatic ring is 1. The van der Waals surface area contributed by atoms with Crippen molar-refractivity contribution < 1.29 is 9.53 Å². The largest absolute Gasteiger partial charge is 0.461 e. The van der Waals surface area contributed by atoms with E-state index in [4.69, 9.17) is 10.5 Å². The fourth-order valence-corrected chi connectivity index (χ4v) is 2.39. The number of anilines is 1. The second-order valence-electron chi connectivity index (χ2n) is 4.98. The Balaban J connectivity index is 1.76. The van der Waals surface area contributed by atoms with Crippen molar-refractivity contribution in [3.05, 3.63) is 29.8 Å². The Hall–Kier alpha value is -1.55. The molecule has 0 spiro atoms. The van der Waals surface area contributed by atoms with Gasteiger partial charge >= 0.3 is 5.97 Å². The van der Waals surface area contributed by atoms with Gasteiger partial charge in [-0.05, 0) is 38.1 Å². The molecule has 0 aromatic heterocycles. The zero-order valence-corrected chi connectivity index (χ0v) is 11.3. The lowest BCUT2D eigenvalue weighted by molar-refractivity contribution is 0.0464. The van der Waals surface area contributed by atoms with E-state index in [9.17, 15) is 4.79 Å². The number of ether oxygens (including phenoxy) is 1. The average molecular weight is 262 g/mol. The lowest BCUT2D eigenvalue weighted by Crippen LogP contribution is -2.29. The molecular formula is C15H22N2O2. The lowest BCUT2D eigenvalue weighted by atomic mass is 10.2. The number of hydrogen-bond donors (Lipinski definition) is 1. The SMILES string of the molecule is Nc1ccccc1C(=O)OCCN1CCCCCC1. The maximum Gasteiger partial charge on any atom is 0.340 e. The molecule has 1 fully saturated rings. The van der Waals surface area contributed by atoms with E-state index in [0.717, 1.165) is 19.6 Å². The van der Waals surface area contributed by atoms with Crippen LogP contribution in [0.4, 0.5) is 5.69 Å². The van der Waals surface area contributed by atoms with E-state index in [2.05, 4.69) is 4.90 Å². The summed E-state index contributed by atoms with van der Waals surface area (Å²) in [7, 11) is 0. The minimum Gasteiger partial charge on any atom is -0.461 e. The third-order valence-electron chi connectivity index (χ3n) is 3.52. The summed E-state index contributed by atoms with van der Waals surface area (Å²) in [4.78, 5) is 14.2. The molecule has 4 heteroatoms. The third-order valence-corrected chi connectivity index (χ3v) is 3.52. The van der Waals surface area contributed by atoms with Gasteiger partial charge in [-0.2, -0.15) is 0 Å². The van der Waals surface area contributed by atoms with Crippen molar-refractivity contribution in [1.82, 2.24) is 4.90 Å². The quantitative estimate of drug-likeness (QED) is 0.668. The molecule has 0 unspecified atom stereocenters. The molecule has 1 aliphatic rings. The molecule has 2 rings (SSSR count). The molecule has 1 aromatic carbocycles. The van der Waals surface area contributed by atoms with Crippen LogP contribution in [0, 0.1) is 0 Å². The average Bonchev–Trinajstić information content (AvgIpc) is 2.68. The number of rotatable bonds is 4. The molecule has 1 aliphatic heterocycles. The number of para-hydroxylation sites is 1. The molecular weight excluding hydrogens is 240 g/mol. The number of esters is 1. The van der Waals surface area contributed by atoms with Gasteiger partial charge in [0.15, 0.2) is 0 Å². The van der Waals surface area contributed by atoms with Crippen LogP contribution in [0.5, 0.6) is 0 Å². The van der Waals surface area contributed by atoms with Crippen LogP contribution in [-0.2, 0) is 4.74 Å². The van der Waals surface area contributed by atoms with Gasteiger partial charge in [-0.3, -0.25) is 4.90 Å². The van der Waals surface area contributed by atoms with E-state index < -0.39 is 0 Å². The van der Waals surface area contributed by atoms with Gasteiger partial charge in [-0.1, -0.05) is 25.0 Å². The Morgan fingerprint density at radius 3 is 2.53 bits per heavy atom. The van der Waals surface area contributed by atoms with Crippen LogP contribution in [0.15, 0.2) is 24.3 Å². The van der Waals surface area contributed by atoms with E-state index in [1.165, 1.54) is 25.7 Å². The first kappa shape index (κ1) is 13.9. The van der Waals surface area contributed by atoms with E-state index in [-0.39, 0.29) is 5.97 Å². The van der Waals surface area contributed by atoms with Crippen LogP contribution in [-0.4, -0.2) is 37.1 Å². The van der Waals surface area contributed by atoms with Gasteiger partial charge in [0, 0.05) is 12.2 Å². The van der Waals surface area contributed by atoms with Crippen molar-refractivity contribution in [2.24, 2.45) is 0 Å². The first-order valence-electron chi connectivity index (χ1n) is 7.01. The minimum atomic E-state index is -0.326. The highest BCUT2D eigenvalue weighted by molar-refractivity contribution is 5.94. The standard InChI is InChI=1S/C15H22N2O2/c16-14-8-4-3-7-13(14)15(18)19-12-11-17-9-5-1-2-6-10-17/h3-4,7-8H,1-2,5-6,9-12,16H2. The van der Waals surface area contributed by atoms with Gasteiger partial charge in [-0.25, -0.2) is 4.79 Å². The molecule has 0 amide bonds. The molecule has 2 N–H and O–H groups in total. The molecule has 0 bridgehead atoms. The zero-order valence-electron chi connectivity index (χ0n) is 11.3. The number of carbonyl (C=O) groups is 1. The number of carbonyl (C=O) groups excluding carboxylic acids is 1. The summed E-state index contributed by atoms with van der Waals surface area (Å²) in [6.45, 7) is 3.49. The lowest BCUT2D eigenvalue weighted by Gasteiger charge is -2.19. The number of nitrogens with zero attached hydrogens (tertiary/aromatic N) is 1. The maximum atomic E-state index is 11.9. The smallest absolute Gasteiger partial charge is 0.340 e. The van der Waals surface area contributed by atoms with E-state index in [1.54, 1.807) is 18.2 Å². The number of nitrogens with two attached hydrogens (primary N) is 1. The predicted molar refractivity (Wildman–Crippen MR) is 76.0 cm³/mol. The molecule has 4 nitrogen and oxygen atoms in total. The number of hydrogen-bond acceptors (Lipinski definition) is 4. The Bertz CT molecular complexity index is 412. The fraction of sp³-hybridized carbons (Fsp3) is 0.533. The highest BCUT2D eigenvalue weighted by Gasteiger charge is 2.12. The summed E-state index contributed by atoms with van der Waals surface area (Å²) in [5.74, 6) is -0.326. The van der Waals surface area contributed by atoms with Crippen LogP contribution < -0.4 is 5.73 Å². The predicted octanol–water partition coefficient (Wildman–Crippen LogP) is 2.30. The van der Waals surface area contributed by atoms with Crippen molar-refractivity contribution in [3.8, 4) is 0 Å². The molecule has 0 atom stereocenters. The molecule has 1 aromatic rings. The Morgan fingerprint density at radius 2 is 1.84 bits per heavy atom. The maximum absolute atomic E-state index is 11.9. The summed E-state index contributed by atoms with van der Waals surface area (Å²) in [6.07, 6.45) is 5.13. The van der Waals surface area contributed by atoms with Crippen LogP contribution in [0.2, 0.25) is 0 Å². The van der Waals surface area contributed by atoms with Gasteiger partial charge in [0.2, 0.25) is 0 Å². The fourth-order valence-electron chi connectivity index (χ4n) is 2.39. The van der Waals surface area contributed by atoms with Crippen molar-refractivity contribution in [2.45, 2.75) is 25.7 Å². The first-order valence-corrected chi connectivity index (χ1v) is 7.01. The van der Waals surface area contributed by atoms with Crippen molar-refractivity contribution in [1.29, 1.82) is 0 Å². The van der Waals surface area contributed by atoms with Gasteiger partial charge < -0.3 is 10.5 Å². The van der Waals surface area contributed by atoms with Crippen LogP contribution in [0.3, 0.4) is 0 Å². The van der Waals surface area contributed by atoms with Gasteiger partial charge in [0.05, 0.1) is 5.56 Å². The van der Waals surface area contributed by atoms with Crippen LogP contribution >= 0.6 is 0 Å². The molecule has 1 saturated heterocycles. The zero-order chi connectivity index (χ0) is 13.5. The summed E-state index contributed by atoms with van der Waals surface area (Å²) in [5.41, 5.74) is 6.68. The normalized spacial score (nSPS) is 16.8. The van der Waals surface area contributed by atoms with E-state index in [0.29, 0.717) is 17.9 Å². The van der Waals surface area contributed by atoms with Crippen LogP contribution in [0.25, 0.3) is 0 Å². The van der Waals surface area contributed by atoms with Crippen molar-refractivity contribution in [2.75, 3.05) is 32.0 Å². The third kappa shape index (κ3) is 4.24. The highest BCUT2D eigenvalue weighted by Crippen LogP contribution is 2.12. The highest BCUT2D eigenvalue weighted by atomic mass is 16.5. The molecule has 0 aliphatic carbocycles. The molecule has 19 heavy (non-hydrogen) atoms. The van der Waals surface area contributed by atoms with E-state index >= 15 is 0 Å². The molecule has 104 valence electrons.